The van der Waals surface area contributed by atoms with Gasteiger partial charge in [-0.3, -0.25) is 14.5 Å². The van der Waals surface area contributed by atoms with Crippen molar-refractivity contribution in [2.75, 3.05) is 46.5 Å². The highest BCUT2D eigenvalue weighted by Gasteiger charge is 2.25. The van der Waals surface area contributed by atoms with E-state index in [2.05, 4.69) is 0 Å². The molecule has 0 bridgehead atoms. The number of carbonyl (C=O) groups is 2. The second-order valence-electron chi connectivity index (χ2n) is 6.73. The number of carbonyl (C=O) groups excluding carboxylic acids is 1. The summed E-state index contributed by atoms with van der Waals surface area (Å²) in [5.74, 6) is -0.289. The molecule has 1 atom stereocenters. The SMILES string of the molecule is CCOCCOc1ccccc1C(=O)N1CCCC(N(C)CC(=O)O)CC1. The minimum Gasteiger partial charge on any atom is -0.490 e. The normalized spacial score (nSPS) is 17.6. The largest absolute Gasteiger partial charge is 0.490 e. The van der Waals surface area contributed by atoms with Gasteiger partial charge in [-0.2, -0.15) is 0 Å². The van der Waals surface area contributed by atoms with Crippen LogP contribution in [0.15, 0.2) is 24.3 Å². The number of carboxylic acid groups (broad SMARTS) is 1. The van der Waals surface area contributed by atoms with Crippen LogP contribution in [0.5, 0.6) is 5.75 Å². The Kier molecular flexibility index (Phi) is 8.54. The molecule has 0 saturated carbocycles. The van der Waals surface area contributed by atoms with Crippen LogP contribution < -0.4 is 4.74 Å². The van der Waals surface area contributed by atoms with Crippen LogP contribution in [0.3, 0.4) is 0 Å². The molecule has 150 valence electrons. The molecule has 1 saturated heterocycles. The molecule has 1 heterocycles. The summed E-state index contributed by atoms with van der Waals surface area (Å²) in [6.45, 7) is 4.76. The van der Waals surface area contributed by atoms with Gasteiger partial charge < -0.3 is 19.5 Å². The number of likely N-dealkylation sites (tertiary alicyclic amines) is 1. The van der Waals surface area contributed by atoms with Crippen molar-refractivity contribution in [3.63, 3.8) is 0 Å². The monoisotopic (exact) mass is 378 g/mol. The second-order valence-corrected chi connectivity index (χ2v) is 6.73. The minimum absolute atomic E-state index is 0.0229. The fourth-order valence-corrected chi connectivity index (χ4v) is 3.36. The van der Waals surface area contributed by atoms with Crippen molar-refractivity contribution >= 4 is 11.9 Å². The summed E-state index contributed by atoms with van der Waals surface area (Å²) in [7, 11) is 1.83. The van der Waals surface area contributed by atoms with Crippen LogP contribution in [0.2, 0.25) is 0 Å². The van der Waals surface area contributed by atoms with Gasteiger partial charge in [-0.1, -0.05) is 12.1 Å². The number of rotatable bonds is 9. The lowest BCUT2D eigenvalue weighted by atomic mass is 10.1. The standard InChI is InChI=1S/C20H30N2O5/c1-3-26-13-14-27-18-9-5-4-8-17(18)20(25)22-11-6-7-16(10-12-22)21(2)15-19(23)24/h4-5,8-9,16H,3,6-7,10-15H2,1-2H3,(H,23,24). The number of benzene rings is 1. The smallest absolute Gasteiger partial charge is 0.317 e. The maximum absolute atomic E-state index is 13.0. The molecule has 1 aromatic rings. The Bertz CT molecular complexity index is 622. The molecule has 1 fully saturated rings. The van der Waals surface area contributed by atoms with Gasteiger partial charge >= 0.3 is 5.97 Å². The summed E-state index contributed by atoms with van der Waals surface area (Å²) < 4.78 is 11.0. The molecule has 1 unspecified atom stereocenters. The van der Waals surface area contributed by atoms with Crippen LogP contribution in [-0.2, 0) is 9.53 Å². The van der Waals surface area contributed by atoms with Crippen molar-refractivity contribution in [1.29, 1.82) is 0 Å². The first-order valence-corrected chi connectivity index (χ1v) is 9.53. The second kappa shape index (κ2) is 10.9. The van der Waals surface area contributed by atoms with Gasteiger partial charge in [0.05, 0.1) is 18.7 Å². The highest BCUT2D eigenvalue weighted by atomic mass is 16.5. The zero-order chi connectivity index (χ0) is 19.6. The zero-order valence-electron chi connectivity index (χ0n) is 16.2. The van der Waals surface area contributed by atoms with Gasteiger partial charge in [-0.25, -0.2) is 0 Å². The summed E-state index contributed by atoms with van der Waals surface area (Å²) in [5, 5.41) is 8.98. The van der Waals surface area contributed by atoms with E-state index in [0.29, 0.717) is 44.2 Å². The van der Waals surface area contributed by atoms with E-state index < -0.39 is 5.97 Å². The van der Waals surface area contributed by atoms with E-state index in [1.54, 1.807) is 12.1 Å². The summed E-state index contributed by atoms with van der Waals surface area (Å²) >= 11 is 0. The first-order chi connectivity index (χ1) is 13.0. The predicted molar refractivity (Wildman–Crippen MR) is 102 cm³/mol. The number of likely N-dealkylation sites (N-methyl/N-ethyl adjacent to an activating group) is 1. The Morgan fingerprint density at radius 1 is 1.22 bits per heavy atom. The van der Waals surface area contributed by atoms with E-state index in [1.165, 1.54) is 0 Å². The Hall–Kier alpha value is -2.12. The lowest BCUT2D eigenvalue weighted by molar-refractivity contribution is -0.138. The summed E-state index contributed by atoms with van der Waals surface area (Å²) in [6, 6.07) is 7.46. The highest BCUT2D eigenvalue weighted by Crippen LogP contribution is 2.23. The molecule has 7 heteroatoms. The van der Waals surface area contributed by atoms with Gasteiger partial charge in [0.25, 0.3) is 5.91 Å². The number of aliphatic carboxylic acids is 1. The average Bonchev–Trinajstić information content (AvgIpc) is 2.91. The van der Waals surface area contributed by atoms with E-state index in [4.69, 9.17) is 14.6 Å². The average molecular weight is 378 g/mol. The maximum atomic E-state index is 13.0. The zero-order valence-corrected chi connectivity index (χ0v) is 16.2. The van der Waals surface area contributed by atoms with Crippen molar-refractivity contribution in [3.8, 4) is 5.75 Å². The molecule has 1 aliphatic rings. The summed E-state index contributed by atoms with van der Waals surface area (Å²) in [4.78, 5) is 27.7. The predicted octanol–water partition coefficient (Wildman–Crippen LogP) is 2.11. The van der Waals surface area contributed by atoms with Crippen molar-refractivity contribution in [2.24, 2.45) is 0 Å². The van der Waals surface area contributed by atoms with Crippen LogP contribution in [0.25, 0.3) is 0 Å². The lowest BCUT2D eigenvalue weighted by Crippen LogP contribution is -2.37. The number of hydrogen-bond donors (Lipinski definition) is 1. The van der Waals surface area contributed by atoms with Crippen LogP contribution >= 0.6 is 0 Å². The van der Waals surface area contributed by atoms with E-state index in [-0.39, 0.29) is 18.5 Å². The quantitative estimate of drug-likeness (QED) is 0.663. The molecule has 1 aromatic carbocycles. The topological polar surface area (TPSA) is 79.3 Å². The van der Waals surface area contributed by atoms with Gasteiger partial charge in [0.1, 0.15) is 12.4 Å². The fourth-order valence-electron chi connectivity index (χ4n) is 3.36. The fraction of sp³-hybridized carbons (Fsp3) is 0.600. The van der Waals surface area contributed by atoms with Crippen molar-refractivity contribution in [3.05, 3.63) is 29.8 Å². The lowest BCUT2D eigenvalue weighted by Gasteiger charge is -2.26. The minimum atomic E-state index is -0.826. The van der Waals surface area contributed by atoms with Crippen LogP contribution in [0.4, 0.5) is 0 Å². The van der Waals surface area contributed by atoms with Crippen LogP contribution in [-0.4, -0.2) is 79.3 Å². The molecule has 1 N–H and O–H groups in total. The summed E-state index contributed by atoms with van der Waals surface area (Å²) in [5.41, 5.74) is 0.561. The Morgan fingerprint density at radius 2 is 2.00 bits per heavy atom. The number of ether oxygens (including phenoxy) is 2. The molecule has 0 aromatic heterocycles. The molecule has 7 nitrogen and oxygen atoms in total. The number of amides is 1. The van der Waals surface area contributed by atoms with Crippen molar-refractivity contribution in [1.82, 2.24) is 9.80 Å². The Labute approximate surface area is 160 Å². The number of carboxylic acids is 1. The van der Waals surface area contributed by atoms with Crippen LogP contribution in [0.1, 0.15) is 36.5 Å². The van der Waals surface area contributed by atoms with Crippen LogP contribution in [0, 0.1) is 0 Å². The van der Waals surface area contributed by atoms with E-state index in [9.17, 15) is 9.59 Å². The third-order valence-electron chi connectivity index (χ3n) is 4.80. The molecule has 1 aliphatic heterocycles. The van der Waals surface area contributed by atoms with E-state index in [0.717, 1.165) is 19.3 Å². The first kappa shape index (κ1) is 21.2. The van der Waals surface area contributed by atoms with Crippen molar-refractivity contribution < 1.29 is 24.2 Å². The maximum Gasteiger partial charge on any atom is 0.317 e. The molecular weight excluding hydrogens is 348 g/mol. The number of nitrogens with zero attached hydrogens (tertiary/aromatic N) is 2. The molecule has 1 amide bonds. The van der Waals surface area contributed by atoms with Gasteiger partial charge in [0.2, 0.25) is 0 Å². The molecule has 0 spiro atoms. The molecular formula is C20H30N2O5. The number of hydrogen-bond acceptors (Lipinski definition) is 5. The molecule has 0 radical (unpaired) electrons. The Morgan fingerprint density at radius 3 is 2.74 bits per heavy atom. The third kappa shape index (κ3) is 6.52. The third-order valence-corrected chi connectivity index (χ3v) is 4.80. The molecule has 0 aliphatic carbocycles. The van der Waals surface area contributed by atoms with Gasteiger partial charge in [0.15, 0.2) is 0 Å². The molecule has 27 heavy (non-hydrogen) atoms. The summed E-state index contributed by atoms with van der Waals surface area (Å²) in [6.07, 6.45) is 2.51. The van der Waals surface area contributed by atoms with Gasteiger partial charge in [-0.15, -0.1) is 0 Å². The van der Waals surface area contributed by atoms with Gasteiger partial charge in [0, 0.05) is 25.7 Å². The van der Waals surface area contributed by atoms with Gasteiger partial charge in [-0.05, 0) is 45.4 Å². The molecule has 2 rings (SSSR count). The number of para-hydroxylation sites is 1. The highest BCUT2D eigenvalue weighted by molar-refractivity contribution is 5.97. The Balaban J connectivity index is 1.98. The first-order valence-electron chi connectivity index (χ1n) is 9.53. The van der Waals surface area contributed by atoms with E-state index >= 15 is 0 Å². The van der Waals surface area contributed by atoms with Crippen molar-refractivity contribution in [2.45, 2.75) is 32.2 Å². The van der Waals surface area contributed by atoms with E-state index in [1.807, 2.05) is 35.9 Å².